The first-order chi connectivity index (χ1) is 14.2. The van der Waals surface area contributed by atoms with Gasteiger partial charge < -0.3 is 9.64 Å². The van der Waals surface area contributed by atoms with E-state index in [-0.39, 0.29) is 11.5 Å². The summed E-state index contributed by atoms with van der Waals surface area (Å²) < 4.78 is 6.27. The SMILES string of the molecule is CN(C(=O)CC1=CCc2ccccc21)[C@H]1CC[C@]2(CCCO2)C[C@@H]1N1CCCC1. The van der Waals surface area contributed by atoms with Crippen LogP contribution >= 0.6 is 0 Å². The van der Waals surface area contributed by atoms with E-state index in [2.05, 4.69) is 40.1 Å². The van der Waals surface area contributed by atoms with E-state index in [9.17, 15) is 4.79 Å². The highest BCUT2D eigenvalue weighted by molar-refractivity contribution is 5.90. The molecule has 29 heavy (non-hydrogen) atoms. The molecule has 3 atom stereocenters. The Balaban J connectivity index is 1.31. The van der Waals surface area contributed by atoms with Crippen molar-refractivity contribution < 1.29 is 9.53 Å². The molecule has 1 aromatic rings. The Kier molecular flexibility index (Phi) is 5.25. The summed E-state index contributed by atoms with van der Waals surface area (Å²) in [6.45, 7) is 3.27. The second kappa shape index (κ2) is 7.88. The maximum absolute atomic E-state index is 13.3. The number of likely N-dealkylation sites (tertiary alicyclic amines) is 1. The van der Waals surface area contributed by atoms with Gasteiger partial charge in [0.05, 0.1) is 12.0 Å². The number of likely N-dealkylation sites (N-methyl/N-ethyl adjacent to an activating group) is 1. The fourth-order valence-electron chi connectivity index (χ4n) is 6.23. The van der Waals surface area contributed by atoms with Gasteiger partial charge in [-0.25, -0.2) is 0 Å². The molecule has 0 unspecified atom stereocenters. The van der Waals surface area contributed by atoms with E-state index < -0.39 is 0 Å². The summed E-state index contributed by atoms with van der Waals surface area (Å²) in [4.78, 5) is 18.1. The maximum atomic E-state index is 13.3. The topological polar surface area (TPSA) is 32.8 Å². The van der Waals surface area contributed by atoms with Crippen molar-refractivity contribution in [3.63, 3.8) is 0 Å². The number of fused-ring (bicyclic) bond motifs is 1. The summed E-state index contributed by atoms with van der Waals surface area (Å²) in [5, 5.41) is 0. The monoisotopic (exact) mass is 394 g/mol. The summed E-state index contributed by atoms with van der Waals surface area (Å²) >= 11 is 0. The van der Waals surface area contributed by atoms with E-state index in [0.717, 1.165) is 32.3 Å². The predicted molar refractivity (Wildman–Crippen MR) is 116 cm³/mol. The normalized spacial score (nSPS) is 31.8. The molecule has 2 saturated heterocycles. The molecule has 5 rings (SSSR count). The van der Waals surface area contributed by atoms with Gasteiger partial charge in [0.25, 0.3) is 0 Å². The largest absolute Gasteiger partial charge is 0.375 e. The lowest BCUT2D eigenvalue weighted by atomic mass is 9.76. The fourth-order valence-corrected chi connectivity index (χ4v) is 6.23. The Morgan fingerprint density at radius 2 is 2.03 bits per heavy atom. The first kappa shape index (κ1) is 19.3. The number of allylic oxidation sites excluding steroid dienone is 1. The molecule has 1 amide bonds. The van der Waals surface area contributed by atoms with Crippen LogP contribution in [0, 0.1) is 0 Å². The van der Waals surface area contributed by atoms with Crippen LogP contribution in [0.4, 0.5) is 0 Å². The number of rotatable bonds is 4. The molecule has 1 aromatic carbocycles. The smallest absolute Gasteiger partial charge is 0.227 e. The van der Waals surface area contributed by atoms with E-state index in [1.54, 1.807) is 0 Å². The Labute approximate surface area is 174 Å². The first-order valence-electron chi connectivity index (χ1n) is 11.6. The van der Waals surface area contributed by atoms with Crippen LogP contribution in [-0.4, -0.2) is 60.1 Å². The van der Waals surface area contributed by atoms with E-state index in [1.165, 1.54) is 55.5 Å². The van der Waals surface area contributed by atoms with Gasteiger partial charge in [0.1, 0.15) is 0 Å². The number of carbonyl (C=O) groups excluding carboxylic acids is 1. The minimum Gasteiger partial charge on any atom is -0.375 e. The lowest BCUT2D eigenvalue weighted by Gasteiger charge is -2.48. The van der Waals surface area contributed by atoms with Crippen LogP contribution in [0.1, 0.15) is 62.5 Å². The van der Waals surface area contributed by atoms with Crippen LogP contribution in [0.5, 0.6) is 0 Å². The van der Waals surface area contributed by atoms with Crippen molar-refractivity contribution in [2.24, 2.45) is 0 Å². The minimum atomic E-state index is 0.0839. The van der Waals surface area contributed by atoms with E-state index >= 15 is 0 Å². The lowest BCUT2D eigenvalue weighted by molar-refractivity contribution is -0.136. The van der Waals surface area contributed by atoms with Gasteiger partial charge in [-0.3, -0.25) is 9.69 Å². The first-order valence-corrected chi connectivity index (χ1v) is 11.6. The fraction of sp³-hybridized carbons (Fsp3) is 0.640. The third-order valence-electron chi connectivity index (χ3n) is 7.88. The molecule has 4 aliphatic rings. The number of carbonyl (C=O) groups is 1. The molecule has 0 N–H and O–H groups in total. The highest BCUT2D eigenvalue weighted by Crippen LogP contribution is 2.43. The van der Waals surface area contributed by atoms with Crippen LogP contribution in [0.25, 0.3) is 5.57 Å². The van der Waals surface area contributed by atoms with Gasteiger partial charge in [-0.1, -0.05) is 30.3 Å². The van der Waals surface area contributed by atoms with Gasteiger partial charge in [0.15, 0.2) is 0 Å². The standard InChI is InChI=1S/C25H34N2O2/c1-26(24(28)17-20-10-9-19-7-2-3-8-21(19)20)22-11-13-25(12-6-16-29-25)18-23(22)27-14-4-5-15-27/h2-3,7-8,10,22-23H,4-6,9,11-18H2,1H3/t22-,23-,25+/m0/s1. The lowest BCUT2D eigenvalue weighted by Crippen LogP contribution is -2.58. The molecule has 2 heterocycles. The van der Waals surface area contributed by atoms with Gasteiger partial charge >= 0.3 is 0 Å². The molecule has 3 fully saturated rings. The predicted octanol–water partition coefficient (Wildman–Crippen LogP) is 4.04. The minimum absolute atomic E-state index is 0.0839. The van der Waals surface area contributed by atoms with Crippen molar-refractivity contribution in [3.05, 3.63) is 41.5 Å². The average Bonchev–Trinajstić information content (AvgIpc) is 3.50. The molecule has 156 valence electrons. The van der Waals surface area contributed by atoms with E-state index in [1.807, 2.05) is 7.05 Å². The number of ether oxygens (including phenoxy) is 1. The number of nitrogens with zero attached hydrogens (tertiary/aromatic N) is 2. The molecule has 2 aliphatic carbocycles. The molecule has 0 bridgehead atoms. The Morgan fingerprint density at radius 3 is 2.83 bits per heavy atom. The Hall–Kier alpha value is -1.65. The van der Waals surface area contributed by atoms with Crippen molar-refractivity contribution in [1.29, 1.82) is 0 Å². The van der Waals surface area contributed by atoms with Crippen molar-refractivity contribution in [1.82, 2.24) is 9.80 Å². The van der Waals surface area contributed by atoms with Crippen molar-refractivity contribution in [2.45, 2.75) is 75.5 Å². The van der Waals surface area contributed by atoms with Crippen molar-refractivity contribution in [2.75, 3.05) is 26.7 Å². The molecule has 4 nitrogen and oxygen atoms in total. The highest BCUT2D eigenvalue weighted by atomic mass is 16.5. The van der Waals surface area contributed by atoms with Crippen LogP contribution in [0.15, 0.2) is 30.3 Å². The molecular formula is C25H34N2O2. The van der Waals surface area contributed by atoms with Gasteiger partial charge in [0.2, 0.25) is 5.91 Å². The second-order valence-electron chi connectivity index (χ2n) is 9.53. The quantitative estimate of drug-likeness (QED) is 0.773. The summed E-state index contributed by atoms with van der Waals surface area (Å²) in [6, 6.07) is 9.27. The number of amides is 1. The maximum Gasteiger partial charge on any atom is 0.227 e. The molecule has 1 saturated carbocycles. The average molecular weight is 395 g/mol. The van der Waals surface area contributed by atoms with E-state index in [4.69, 9.17) is 4.74 Å². The van der Waals surface area contributed by atoms with Crippen molar-refractivity contribution in [3.8, 4) is 0 Å². The number of hydrogen-bond acceptors (Lipinski definition) is 3. The zero-order chi connectivity index (χ0) is 19.8. The Bertz CT molecular complexity index is 790. The number of benzene rings is 1. The summed E-state index contributed by atoms with van der Waals surface area (Å²) in [5.41, 5.74) is 3.92. The van der Waals surface area contributed by atoms with Gasteiger partial charge in [-0.05, 0) is 81.2 Å². The van der Waals surface area contributed by atoms with Crippen LogP contribution in [-0.2, 0) is 16.0 Å². The third-order valence-corrected chi connectivity index (χ3v) is 7.88. The van der Waals surface area contributed by atoms with Crippen molar-refractivity contribution >= 4 is 11.5 Å². The zero-order valence-corrected chi connectivity index (χ0v) is 17.7. The van der Waals surface area contributed by atoms with Gasteiger partial charge in [0, 0.05) is 25.7 Å². The second-order valence-corrected chi connectivity index (χ2v) is 9.53. The van der Waals surface area contributed by atoms with E-state index in [0.29, 0.717) is 18.5 Å². The highest BCUT2D eigenvalue weighted by Gasteiger charge is 2.47. The summed E-state index contributed by atoms with van der Waals surface area (Å²) in [5.74, 6) is 0.269. The Morgan fingerprint density at radius 1 is 1.21 bits per heavy atom. The molecule has 4 heteroatoms. The molecule has 2 aliphatic heterocycles. The van der Waals surface area contributed by atoms with Crippen LogP contribution < -0.4 is 0 Å². The zero-order valence-electron chi connectivity index (χ0n) is 17.7. The molecule has 0 aromatic heterocycles. The van der Waals surface area contributed by atoms with Crippen LogP contribution in [0.2, 0.25) is 0 Å². The summed E-state index contributed by atoms with van der Waals surface area (Å²) in [6.07, 6.45) is 12.0. The number of hydrogen-bond donors (Lipinski definition) is 0. The van der Waals surface area contributed by atoms with Gasteiger partial charge in [-0.2, -0.15) is 0 Å². The third kappa shape index (κ3) is 3.66. The molecular weight excluding hydrogens is 360 g/mol. The molecule has 1 spiro atoms. The van der Waals surface area contributed by atoms with Gasteiger partial charge in [-0.15, -0.1) is 0 Å². The summed E-state index contributed by atoms with van der Waals surface area (Å²) in [7, 11) is 2.05. The molecule has 0 radical (unpaired) electrons. The van der Waals surface area contributed by atoms with Crippen LogP contribution in [0.3, 0.4) is 0 Å².